The van der Waals surface area contributed by atoms with Gasteiger partial charge in [-0.05, 0) is 36.5 Å². The van der Waals surface area contributed by atoms with Gasteiger partial charge >= 0.3 is 0 Å². The molecular formula is C21H41IO2. The standard InChI is InChI=1S/C21H41IO2/c1-2-3-4-5-13-16-19-23-21-24-20-17-14-11-9-7-6-8-10-12-15-18-22/h11,14H,2-10,12-13,15-21H2,1H3. The van der Waals surface area contributed by atoms with Gasteiger partial charge in [-0.2, -0.15) is 0 Å². The zero-order valence-corrected chi connectivity index (χ0v) is 18.2. The van der Waals surface area contributed by atoms with Crippen LogP contribution in [0.25, 0.3) is 0 Å². The molecule has 0 rings (SSSR count). The van der Waals surface area contributed by atoms with Gasteiger partial charge < -0.3 is 9.47 Å². The van der Waals surface area contributed by atoms with Gasteiger partial charge in [-0.15, -0.1) is 0 Å². The number of hydrogen-bond donors (Lipinski definition) is 0. The molecule has 0 saturated carbocycles. The van der Waals surface area contributed by atoms with Crippen molar-refractivity contribution in [3.8, 4) is 0 Å². The molecule has 0 bridgehead atoms. The number of hydrogen-bond acceptors (Lipinski definition) is 2. The predicted molar refractivity (Wildman–Crippen MR) is 115 cm³/mol. The topological polar surface area (TPSA) is 18.5 Å². The van der Waals surface area contributed by atoms with Crippen molar-refractivity contribution in [2.24, 2.45) is 0 Å². The van der Waals surface area contributed by atoms with Crippen molar-refractivity contribution in [3.05, 3.63) is 12.2 Å². The third kappa shape index (κ3) is 22.4. The van der Waals surface area contributed by atoms with Crippen LogP contribution in [0.1, 0.15) is 96.8 Å². The fourth-order valence-corrected chi connectivity index (χ4v) is 3.15. The number of rotatable bonds is 20. The van der Waals surface area contributed by atoms with Crippen molar-refractivity contribution in [1.82, 2.24) is 0 Å². The molecule has 0 aromatic rings. The SMILES string of the molecule is CCCCCCCCOCOCCC=CCCCCCCCCI. The molecule has 0 radical (unpaired) electrons. The Hall–Kier alpha value is 0.390. The summed E-state index contributed by atoms with van der Waals surface area (Å²) in [6, 6.07) is 0. The van der Waals surface area contributed by atoms with E-state index in [1.54, 1.807) is 0 Å². The quantitative estimate of drug-likeness (QED) is 0.0628. The van der Waals surface area contributed by atoms with E-state index in [1.165, 1.54) is 87.9 Å². The average Bonchev–Trinajstić information content (AvgIpc) is 2.60. The van der Waals surface area contributed by atoms with Crippen molar-refractivity contribution < 1.29 is 9.47 Å². The summed E-state index contributed by atoms with van der Waals surface area (Å²) in [5.74, 6) is 0. The van der Waals surface area contributed by atoms with Crippen LogP contribution in [0.3, 0.4) is 0 Å². The van der Waals surface area contributed by atoms with E-state index in [4.69, 9.17) is 9.47 Å². The summed E-state index contributed by atoms with van der Waals surface area (Å²) in [7, 11) is 0. The Balaban J connectivity index is 3.03. The molecule has 0 unspecified atom stereocenters. The Morgan fingerprint density at radius 1 is 0.625 bits per heavy atom. The number of allylic oxidation sites excluding steroid dienone is 1. The van der Waals surface area contributed by atoms with E-state index >= 15 is 0 Å². The third-order valence-electron chi connectivity index (χ3n) is 4.16. The first-order chi connectivity index (χ1) is 11.9. The fourth-order valence-electron chi connectivity index (χ4n) is 2.61. The van der Waals surface area contributed by atoms with E-state index in [9.17, 15) is 0 Å². The lowest BCUT2D eigenvalue weighted by molar-refractivity contribution is -0.0531. The van der Waals surface area contributed by atoms with Gasteiger partial charge in [-0.25, -0.2) is 0 Å². The molecule has 24 heavy (non-hydrogen) atoms. The third-order valence-corrected chi connectivity index (χ3v) is 4.92. The largest absolute Gasteiger partial charge is 0.355 e. The van der Waals surface area contributed by atoms with Crippen molar-refractivity contribution >= 4 is 22.6 Å². The summed E-state index contributed by atoms with van der Waals surface area (Å²) >= 11 is 2.47. The second-order valence-corrected chi connectivity index (χ2v) is 7.64. The molecular weight excluding hydrogens is 411 g/mol. The predicted octanol–water partition coefficient (Wildman–Crippen LogP) is 7.45. The minimum Gasteiger partial charge on any atom is -0.355 e. The second-order valence-electron chi connectivity index (χ2n) is 6.56. The van der Waals surface area contributed by atoms with Gasteiger partial charge in [0.2, 0.25) is 0 Å². The molecule has 0 atom stereocenters. The Morgan fingerprint density at radius 2 is 1.21 bits per heavy atom. The normalized spacial score (nSPS) is 11.6. The summed E-state index contributed by atoms with van der Waals surface area (Å²) in [6.07, 6.45) is 23.0. The molecule has 0 aliphatic carbocycles. The Labute approximate surface area is 165 Å². The first-order valence-corrected chi connectivity index (χ1v) is 11.8. The lowest BCUT2D eigenvalue weighted by Crippen LogP contribution is -2.02. The van der Waals surface area contributed by atoms with Crippen LogP contribution in [0, 0.1) is 0 Å². The smallest absolute Gasteiger partial charge is 0.146 e. The van der Waals surface area contributed by atoms with Crippen LogP contribution in [0.4, 0.5) is 0 Å². The van der Waals surface area contributed by atoms with Crippen molar-refractivity contribution in [1.29, 1.82) is 0 Å². The maximum Gasteiger partial charge on any atom is 0.146 e. The van der Waals surface area contributed by atoms with Gasteiger partial charge in [0, 0.05) is 6.61 Å². The number of unbranched alkanes of at least 4 members (excludes halogenated alkanes) is 11. The van der Waals surface area contributed by atoms with E-state index in [0.717, 1.165) is 19.6 Å². The van der Waals surface area contributed by atoms with Crippen LogP contribution in [0.5, 0.6) is 0 Å². The molecule has 0 saturated heterocycles. The minimum absolute atomic E-state index is 0.458. The molecule has 0 fully saturated rings. The van der Waals surface area contributed by atoms with E-state index in [2.05, 4.69) is 41.7 Å². The zero-order chi connectivity index (χ0) is 17.6. The molecule has 0 aliphatic rings. The first-order valence-electron chi connectivity index (χ1n) is 10.3. The molecule has 0 spiro atoms. The molecule has 0 amide bonds. The van der Waals surface area contributed by atoms with Crippen LogP contribution in [-0.4, -0.2) is 24.4 Å². The van der Waals surface area contributed by atoms with Crippen LogP contribution >= 0.6 is 22.6 Å². The summed E-state index contributed by atoms with van der Waals surface area (Å²) < 4.78 is 12.3. The molecule has 0 aliphatic heterocycles. The number of ether oxygens (including phenoxy) is 2. The summed E-state index contributed by atoms with van der Waals surface area (Å²) in [4.78, 5) is 0. The van der Waals surface area contributed by atoms with Gasteiger partial charge in [0.15, 0.2) is 0 Å². The number of alkyl halides is 1. The van der Waals surface area contributed by atoms with E-state index in [0.29, 0.717) is 6.79 Å². The van der Waals surface area contributed by atoms with E-state index in [1.807, 2.05) is 0 Å². The highest BCUT2D eigenvalue weighted by atomic mass is 127. The van der Waals surface area contributed by atoms with Crippen LogP contribution in [0.15, 0.2) is 12.2 Å². The first kappa shape index (κ1) is 24.4. The number of halogens is 1. The highest BCUT2D eigenvalue weighted by Crippen LogP contribution is 2.08. The molecule has 2 nitrogen and oxygen atoms in total. The monoisotopic (exact) mass is 452 g/mol. The van der Waals surface area contributed by atoms with Crippen LogP contribution in [-0.2, 0) is 9.47 Å². The highest BCUT2D eigenvalue weighted by Gasteiger charge is 1.92. The Kier molecular flexibility index (Phi) is 23.8. The van der Waals surface area contributed by atoms with E-state index in [-0.39, 0.29) is 0 Å². The summed E-state index contributed by atoms with van der Waals surface area (Å²) in [5, 5.41) is 0. The van der Waals surface area contributed by atoms with E-state index < -0.39 is 0 Å². The van der Waals surface area contributed by atoms with Gasteiger partial charge in [-0.3, -0.25) is 0 Å². The van der Waals surface area contributed by atoms with Crippen molar-refractivity contribution in [3.63, 3.8) is 0 Å². The summed E-state index contributed by atoms with van der Waals surface area (Å²) in [6.45, 7) is 4.34. The van der Waals surface area contributed by atoms with Crippen LogP contribution < -0.4 is 0 Å². The van der Waals surface area contributed by atoms with Gasteiger partial charge in [0.05, 0.1) is 6.61 Å². The lowest BCUT2D eigenvalue weighted by Gasteiger charge is -2.04. The van der Waals surface area contributed by atoms with Gasteiger partial charge in [0.1, 0.15) is 6.79 Å². The molecule has 3 heteroatoms. The van der Waals surface area contributed by atoms with Crippen molar-refractivity contribution in [2.75, 3.05) is 24.4 Å². The van der Waals surface area contributed by atoms with Crippen molar-refractivity contribution in [2.45, 2.75) is 96.8 Å². The molecule has 0 aromatic heterocycles. The zero-order valence-electron chi connectivity index (χ0n) is 16.1. The second kappa shape index (κ2) is 23.4. The fraction of sp³-hybridized carbons (Fsp3) is 0.905. The summed E-state index contributed by atoms with van der Waals surface area (Å²) in [5.41, 5.74) is 0. The highest BCUT2D eigenvalue weighted by molar-refractivity contribution is 14.1. The minimum atomic E-state index is 0.458. The van der Waals surface area contributed by atoms with Gasteiger partial charge in [0.25, 0.3) is 0 Å². The Bertz CT molecular complexity index is 244. The Morgan fingerprint density at radius 3 is 1.96 bits per heavy atom. The lowest BCUT2D eigenvalue weighted by atomic mass is 10.1. The average molecular weight is 452 g/mol. The van der Waals surface area contributed by atoms with Gasteiger partial charge in [-0.1, -0.05) is 99.5 Å². The molecule has 0 heterocycles. The maximum atomic E-state index is 5.49. The molecule has 0 N–H and O–H groups in total. The maximum absolute atomic E-state index is 5.49. The van der Waals surface area contributed by atoms with Crippen LogP contribution in [0.2, 0.25) is 0 Å². The molecule has 144 valence electrons. The molecule has 0 aromatic carbocycles.